The number of benzene rings is 1. The lowest BCUT2D eigenvalue weighted by Gasteiger charge is -2.05. The second-order valence-corrected chi connectivity index (χ2v) is 7.37. The Hall–Kier alpha value is -1.07. The molecule has 0 aliphatic rings. The molecule has 0 unspecified atom stereocenters. The van der Waals surface area contributed by atoms with E-state index in [1.807, 2.05) is 18.2 Å². The smallest absolute Gasteiger partial charge is 0.0985 e. The summed E-state index contributed by atoms with van der Waals surface area (Å²) in [7, 11) is 0. The molecule has 1 aromatic carbocycles. The first-order valence-corrected chi connectivity index (χ1v) is 8.72. The quantitative estimate of drug-likeness (QED) is 0.554. The van der Waals surface area contributed by atoms with Gasteiger partial charge in [0.1, 0.15) is 0 Å². The van der Waals surface area contributed by atoms with Crippen LogP contribution in [0.15, 0.2) is 53.1 Å². The van der Waals surface area contributed by atoms with Crippen LogP contribution in [0.1, 0.15) is 5.56 Å². The summed E-state index contributed by atoms with van der Waals surface area (Å²) >= 11 is 15.8. The summed E-state index contributed by atoms with van der Waals surface area (Å²) in [6.07, 6.45) is 5.14. The average Bonchev–Trinajstić information content (AvgIpc) is 2.97. The van der Waals surface area contributed by atoms with E-state index in [9.17, 15) is 0 Å². The topological polar surface area (TPSA) is 25.8 Å². The third-order valence-corrected chi connectivity index (χ3v) is 5.89. The van der Waals surface area contributed by atoms with Crippen LogP contribution in [0.3, 0.4) is 0 Å². The largest absolute Gasteiger partial charge is 0.261 e. The standard InChI is InChI=1S/C15H10Cl2N2S2/c16-11-2-1-3-12(17)10(11)9-20-15-5-4-14(21-15)13-8-18-6-7-19-13/h1-8H,9H2. The zero-order valence-corrected chi connectivity index (χ0v) is 13.9. The number of halogens is 2. The van der Waals surface area contributed by atoms with E-state index in [0.29, 0.717) is 10.0 Å². The van der Waals surface area contributed by atoms with Gasteiger partial charge in [-0.15, -0.1) is 23.1 Å². The zero-order chi connectivity index (χ0) is 14.7. The lowest BCUT2D eigenvalue weighted by atomic mass is 10.2. The Balaban J connectivity index is 1.74. The van der Waals surface area contributed by atoms with Gasteiger partial charge in [0.25, 0.3) is 0 Å². The highest BCUT2D eigenvalue weighted by atomic mass is 35.5. The van der Waals surface area contributed by atoms with Gasteiger partial charge in [0.15, 0.2) is 0 Å². The monoisotopic (exact) mass is 352 g/mol. The molecule has 2 nitrogen and oxygen atoms in total. The van der Waals surface area contributed by atoms with Gasteiger partial charge in [-0.3, -0.25) is 9.97 Å². The van der Waals surface area contributed by atoms with Crippen molar-refractivity contribution in [1.29, 1.82) is 0 Å². The van der Waals surface area contributed by atoms with Gasteiger partial charge in [-0.25, -0.2) is 0 Å². The number of rotatable bonds is 4. The number of thioether (sulfide) groups is 1. The lowest BCUT2D eigenvalue weighted by molar-refractivity contribution is 1.21. The van der Waals surface area contributed by atoms with Gasteiger partial charge in [0.2, 0.25) is 0 Å². The molecular weight excluding hydrogens is 343 g/mol. The van der Waals surface area contributed by atoms with Gasteiger partial charge in [-0.1, -0.05) is 29.3 Å². The van der Waals surface area contributed by atoms with E-state index in [4.69, 9.17) is 23.2 Å². The molecule has 0 saturated heterocycles. The van der Waals surface area contributed by atoms with Crippen molar-refractivity contribution in [1.82, 2.24) is 9.97 Å². The van der Waals surface area contributed by atoms with Crippen molar-refractivity contribution in [3.05, 3.63) is 64.5 Å². The maximum absolute atomic E-state index is 6.18. The average molecular weight is 353 g/mol. The predicted octanol–water partition coefficient (Wildman–Crippen LogP) is 5.80. The van der Waals surface area contributed by atoms with E-state index >= 15 is 0 Å². The molecule has 0 bridgehead atoms. The van der Waals surface area contributed by atoms with Crippen LogP contribution in [0.2, 0.25) is 10.0 Å². The minimum Gasteiger partial charge on any atom is -0.261 e. The van der Waals surface area contributed by atoms with Gasteiger partial charge in [-0.2, -0.15) is 0 Å². The summed E-state index contributed by atoms with van der Waals surface area (Å²) in [4.78, 5) is 9.50. The molecule has 0 aliphatic heterocycles. The normalized spacial score (nSPS) is 10.8. The molecule has 0 radical (unpaired) electrons. The van der Waals surface area contributed by atoms with Crippen LogP contribution in [0, 0.1) is 0 Å². The molecule has 2 aromatic heterocycles. The van der Waals surface area contributed by atoms with E-state index in [0.717, 1.165) is 21.9 Å². The van der Waals surface area contributed by atoms with Crippen LogP contribution in [-0.2, 0) is 5.75 Å². The maximum atomic E-state index is 6.18. The SMILES string of the molecule is Clc1cccc(Cl)c1CSc1ccc(-c2cnccn2)s1. The first kappa shape index (κ1) is 14.9. The predicted molar refractivity (Wildman–Crippen MR) is 91.4 cm³/mol. The molecule has 21 heavy (non-hydrogen) atoms. The summed E-state index contributed by atoms with van der Waals surface area (Å²) in [5, 5.41) is 1.42. The number of hydrogen-bond acceptors (Lipinski definition) is 4. The molecule has 106 valence electrons. The molecule has 6 heteroatoms. The fourth-order valence-corrected chi connectivity index (χ4v) is 4.61. The van der Waals surface area contributed by atoms with E-state index in [1.165, 1.54) is 4.21 Å². The summed E-state index contributed by atoms with van der Waals surface area (Å²) in [6.45, 7) is 0. The van der Waals surface area contributed by atoms with Gasteiger partial charge in [0.05, 0.1) is 21.0 Å². The summed E-state index contributed by atoms with van der Waals surface area (Å²) in [5.41, 5.74) is 1.87. The Kier molecular flexibility index (Phi) is 4.80. The molecule has 3 aromatic rings. The fraction of sp³-hybridized carbons (Fsp3) is 0.0667. The van der Waals surface area contributed by atoms with Crippen molar-refractivity contribution >= 4 is 46.3 Å². The molecule has 0 atom stereocenters. The Morgan fingerprint density at radius 1 is 1.05 bits per heavy atom. The van der Waals surface area contributed by atoms with E-state index in [1.54, 1.807) is 41.7 Å². The molecule has 3 rings (SSSR count). The van der Waals surface area contributed by atoms with Gasteiger partial charge < -0.3 is 0 Å². The first-order chi connectivity index (χ1) is 10.2. The number of nitrogens with zero attached hydrogens (tertiary/aromatic N) is 2. The number of hydrogen-bond donors (Lipinski definition) is 0. The summed E-state index contributed by atoms with van der Waals surface area (Å²) < 4.78 is 1.20. The molecule has 0 fully saturated rings. The molecular formula is C15H10Cl2N2S2. The van der Waals surface area contributed by atoms with Gasteiger partial charge >= 0.3 is 0 Å². The van der Waals surface area contributed by atoms with Crippen LogP contribution in [0.4, 0.5) is 0 Å². The molecule has 0 aliphatic carbocycles. The fourth-order valence-electron chi connectivity index (χ4n) is 1.78. The number of aromatic nitrogens is 2. The van der Waals surface area contributed by atoms with Crippen molar-refractivity contribution in [2.45, 2.75) is 9.96 Å². The van der Waals surface area contributed by atoms with Crippen LogP contribution >= 0.6 is 46.3 Å². The van der Waals surface area contributed by atoms with E-state index < -0.39 is 0 Å². The third kappa shape index (κ3) is 3.58. The Morgan fingerprint density at radius 3 is 2.57 bits per heavy atom. The Labute approximate surface area is 141 Å². The van der Waals surface area contributed by atoms with Crippen molar-refractivity contribution in [3.63, 3.8) is 0 Å². The highest BCUT2D eigenvalue weighted by Crippen LogP contribution is 2.37. The van der Waals surface area contributed by atoms with Crippen LogP contribution < -0.4 is 0 Å². The molecule has 0 N–H and O–H groups in total. The maximum Gasteiger partial charge on any atom is 0.0985 e. The van der Waals surface area contributed by atoms with Gasteiger partial charge in [0, 0.05) is 28.2 Å². The van der Waals surface area contributed by atoms with Crippen LogP contribution in [0.25, 0.3) is 10.6 Å². The highest BCUT2D eigenvalue weighted by Gasteiger charge is 2.08. The van der Waals surface area contributed by atoms with Crippen molar-refractivity contribution < 1.29 is 0 Å². The van der Waals surface area contributed by atoms with Crippen molar-refractivity contribution in [2.75, 3.05) is 0 Å². The van der Waals surface area contributed by atoms with E-state index in [2.05, 4.69) is 22.1 Å². The van der Waals surface area contributed by atoms with Crippen LogP contribution in [0.5, 0.6) is 0 Å². The third-order valence-electron chi connectivity index (χ3n) is 2.82. The molecule has 0 spiro atoms. The highest BCUT2D eigenvalue weighted by molar-refractivity contribution is 8.00. The molecule has 0 saturated carbocycles. The zero-order valence-electron chi connectivity index (χ0n) is 10.8. The Bertz CT molecular complexity index is 724. The van der Waals surface area contributed by atoms with Crippen molar-refractivity contribution in [2.24, 2.45) is 0 Å². The first-order valence-electron chi connectivity index (χ1n) is 6.16. The summed E-state index contributed by atoms with van der Waals surface area (Å²) in [5.74, 6) is 0.749. The second-order valence-electron chi connectivity index (χ2n) is 4.20. The van der Waals surface area contributed by atoms with Crippen LogP contribution in [-0.4, -0.2) is 9.97 Å². The second kappa shape index (κ2) is 6.79. The minimum atomic E-state index is 0.709. The summed E-state index contributed by atoms with van der Waals surface area (Å²) in [6, 6.07) is 9.73. The van der Waals surface area contributed by atoms with Gasteiger partial charge in [-0.05, 0) is 29.8 Å². The number of thiophene rings is 1. The van der Waals surface area contributed by atoms with Crippen molar-refractivity contribution in [3.8, 4) is 10.6 Å². The Morgan fingerprint density at radius 2 is 1.86 bits per heavy atom. The molecule has 0 amide bonds. The minimum absolute atomic E-state index is 0.709. The van der Waals surface area contributed by atoms with E-state index in [-0.39, 0.29) is 0 Å². The molecule has 2 heterocycles. The lowest BCUT2D eigenvalue weighted by Crippen LogP contribution is -1.83.